The van der Waals surface area contributed by atoms with E-state index in [1.807, 2.05) is 34.6 Å². The van der Waals surface area contributed by atoms with E-state index in [0.29, 0.717) is 13.1 Å². The van der Waals surface area contributed by atoms with Crippen molar-refractivity contribution in [1.29, 1.82) is 0 Å². The summed E-state index contributed by atoms with van der Waals surface area (Å²) in [7, 11) is 1.76. The van der Waals surface area contributed by atoms with Crippen LogP contribution in [0.4, 0.5) is 4.79 Å². The van der Waals surface area contributed by atoms with Crippen molar-refractivity contribution in [3.8, 4) is 0 Å². The van der Waals surface area contributed by atoms with Crippen LogP contribution in [-0.4, -0.2) is 59.6 Å². The van der Waals surface area contributed by atoms with Gasteiger partial charge in [0, 0.05) is 20.1 Å². The van der Waals surface area contributed by atoms with E-state index < -0.39 is 11.6 Å². The molecule has 0 saturated carbocycles. The Bertz CT molecular complexity index is 390. The van der Waals surface area contributed by atoms with Gasteiger partial charge in [0.2, 0.25) is 5.91 Å². The Morgan fingerprint density at radius 2 is 1.90 bits per heavy atom. The quantitative estimate of drug-likeness (QED) is 0.855. The zero-order valence-electron chi connectivity index (χ0n) is 14.0. The van der Waals surface area contributed by atoms with Crippen LogP contribution in [0.15, 0.2) is 0 Å². The van der Waals surface area contributed by atoms with Crippen LogP contribution in [0.2, 0.25) is 0 Å². The van der Waals surface area contributed by atoms with Crippen molar-refractivity contribution in [3.63, 3.8) is 0 Å². The van der Waals surface area contributed by atoms with Gasteiger partial charge in [0.25, 0.3) is 0 Å². The Morgan fingerprint density at radius 3 is 2.38 bits per heavy atom. The molecule has 6 heteroatoms. The Hall–Kier alpha value is -1.30. The number of hydrogen-bond donors (Lipinski definition) is 1. The van der Waals surface area contributed by atoms with Crippen LogP contribution >= 0.6 is 0 Å². The van der Waals surface area contributed by atoms with Gasteiger partial charge in [0.1, 0.15) is 5.60 Å². The molecular weight excluding hydrogens is 270 g/mol. The fraction of sp³-hybridized carbons (Fsp3) is 0.867. The smallest absolute Gasteiger partial charge is 0.410 e. The van der Waals surface area contributed by atoms with Gasteiger partial charge in [-0.2, -0.15) is 0 Å². The number of hydrogen-bond acceptors (Lipinski definition) is 4. The highest BCUT2D eigenvalue weighted by atomic mass is 16.6. The van der Waals surface area contributed by atoms with Crippen LogP contribution in [0.3, 0.4) is 0 Å². The molecule has 2 atom stereocenters. The molecule has 0 spiro atoms. The summed E-state index contributed by atoms with van der Waals surface area (Å²) in [5.41, 5.74) is 5.41. The number of carbonyl (C=O) groups is 2. The van der Waals surface area contributed by atoms with Crippen LogP contribution in [0.1, 0.15) is 41.0 Å². The lowest BCUT2D eigenvalue weighted by Gasteiger charge is -2.29. The lowest BCUT2D eigenvalue weighted by atomic mass is 10.0. The highest BCUT2D eigenvalue weighted by Gasteiger charge is 2.34. The molecule has 0 aromatic heterocycles. The molecule has 1 saturated heterocycles. The van der Waals surface area contributed by atoms with E-state index in [9.17, 15) is 9.59 Å². The number of nitrogens with two attached hydrogens (primary N) is 1. The number of nitrogens with zero attached hydrogens (tertiary/aromatic N) is 2. The topological polar surface area (TPSA) is 75.9 Å². The molecule has 0 aliphatic carbocycles. The number of rotatable bonds is 3. The Kier molecular flexibility index (Phi) is 5.61. The van der Waals surface area contributed by atoms with Crippen molar-refractivity contribution < 1.29 is 14.3 Å². The van der Waals surface area contributed by atoms with Crippen molar-refractivity contribution in [2.45, 2.75) is 58.7 Å². The number of amides is 2. The fourth-order valence-electron chi connectivity index (χ4n) is 2.25. The summed E-state index contributed by atoms with van der Waals surface area (Å²) in [5.74, 6) is 0.0318. The summed E-state index contributed by atoms with van der Waals surface area (Å²) in [6, 6.07) is -0.486. The average molecular weight is 299 g/mol. The molecule has 0 bridgehead atoms. The van der Waals surface area contributed by atoms with Crippen molar-refractivity contribution in [3.05, 3.63) is 0 Å². The number of carbonyl (C=O) groups excluding carboxylic acids is 2. The van der Waals surface area contributed by atoms with Gasteiger partial charge in [-0.3, -0.25) is 4.79 Å². The second kappa shape index (κ2) is 6.64. The second-order valence-electron chi connectivity index (χ2n) is 7.09. The van der Waals surface area contributed by atoms with Crippen molar-refractivity contribution in [2.24, 2.45) is 11.7 Å². The minimum Gasteiger partial charge on any atom is -0.444 e. The largest absolute Gasteiger partial charge is 0.444 e. The van der Waals surface area contributed by atoms with Crippen molar-refractivity contribution in [1.82, 2.24) is 9.80 Å². The zero-order valence-corrected chi connectivity index (χ0v) is 14.0. The maximum atomic E-state index is 12.2. The summed E-state index contributed by atoms with van der Waals surface area (Å²) in [4.78, 5) is 27.6. The molecular formula is C15H29N3O3. The lowest BCUT2D eigenvalue weighted by molar-refractivity contribution is -0.134. The second-order valence-corrected chi connectivity index (χ2v) is 7.09. The molecule has 1 aliphatic rings. The summed E-state index contributed by atoms with van der Waals surface area (Å²) in [5, 5.41) is 0. The monoisotopic (exact) mass is 299 g/mol. The van der Waals surface area contributed by atoms with E-state index in [1.54, 1.807) is 16.8 Å². The molecule has 0 aromatic carbocycles. The summed E-state index contributed by atoms with van der Waals surface area (Å²) in [6.45, 7) is 10.5. The maximum absolute atomic E-state index is 12.2. The fourth-order valence-corrected chi connectivity index (χ4v) is 2.25. The van der Waals surface area contributed by atoms with Crippen LogP contribution in [-0.2, 0) is 9.53 Å². The molecule has 1 unspecified atom stereocenters. The van der Waals surface area contributed by atoms with E-state index in [2.05, 4.69) is 0 Å². The first kappa shape index (κ1) is 17.8. The van der Waals surface area contributed by atoms with Gasteiger partial charge in [0.15, 0.2) is 0 Å². The third-order valence-corrected chi connectivity index (χ3v) is 3.71. The van der Waals surface area contributed by atoms with Crippen molar-refractivity contribution in [2.75, 3.05) is 20.1 Å². The van der Waals surface area contributed by atoms with Gasteiger partial charge >= 0.3 is 6.09 Å². The van der Waals surface area contributed by atoms with E-state index in [1.165, 1.54) is 0 Å². The number of ether oxygens (including phenoxy) is 1. The van der Waals surface area contributed by atoms with E-state index in [0.717, 1.165) is 6.42 Å². The number of likely N-dealkylation sites (tertiary alicyclic amines) is 1. The van der Waals surface area contributed by atoms with Gasteiger partial charge in [0.05, 0.1) is 12.1 Å². The third kappa shape index (κ3) is 4.88. The first-order valence-corrected chi connectivity index (χ1v) is 7.53. The molecule has 1 rings (SSSR count). The minimum atomic E-state index is -0.503. The summed E-state index contributed by atoms with van der Waals surface area (Å²) < 4.78 is 5.35. The molecule has 0 radical (unpaired) electrons. The number of likely N-dealkylation sites (N-methyl/N-ethyl adjacent to an activating group) is 1. The molecule has 6 nitrogen and oxygen atoms in total. The maximum Gasteiger partial charge on any atom is 0.410 e. The molecule has 2 amide bonds. The van der Waals surface area contributed by atoms with E-state index in [-0.39, 0.29) is 24.0 Å². The lowest BCUT2D eigenvalue weighted by Crippen LogP contribution is -2.49. The molecule has 1 aliphatic heterocycles. The van der Waals surface area contributed by atoms with Crippen molar-refractivity contribution >= 4 is 12.0 Å². The first-order chi connectivity index (χ1) is 9.53. The van der Waals surface area contributed by atoms with Gasteiger partial charge < -0.3 is 20.3 Å². The van der Waals surface area contributed by atoms with Gasteiger partial charge in [-0.25, -0.2) is 4.79 Å². The SMILES string of the molecule is CC(C)[C@H](N)C(=O)N(C)C1CCN(C(=O)OC(C)(C)C)C1. The Balaban J connectivity index is 2.58. The predicted molar refractivity (Wildman–Crippen MR) is 81.8 cm³/mol. The highest BCUT2D eigenvalue weighted by Crippen LogP contribution is 2.19. The van der Waals surface area contributed by atoms with Gasteiger partial charge in [-0.15, -0.1) is 0 Å². The molecule has 21 heavy (non-hydrogen) atoms. The van der Waals surface area contributed by atoms with Gasteiger partial charge in [-0.05, 0) is 33.1 Å². The summed E-state index contributed by atoms with van der Waals surface area (Å²) in [6.07, 6.45) is 0.436. The van der Waals surface area contributed by atoms with Gasteiger partial charge in [-0.1, -0.05) is 13.8 Å². The molecule has 2 N–H and O–H groups in total. The van der Waals surface area contributed by atoms with Crippen LogP contribution in [0, 0.1) is 5.92 Å². The first-order valence-electron chi connectivity index (χ1n) is 7.53. The highest BCUT2D eigenvalue weighted by molar-refractivity contribution is 5.82. The average Bonchev–Trinajstić information content (AvgIpc) is 2.83. The Morgan fingerprint density at radius 1 is 1.33 bits per heavy atom. The van der Waals surface area contributed by atoms with E-state index in [4.69, 9.17) is 10.5 Å². The standard InChI is InChI=1S/C15H29N3O3/c1-10(2)12(16)13(19)17(6)11-7-8-18(9-11)14(20)21-15(3,4)5/h10-12H,7-9,16H2,1-6H3/t11?,12-/m0/s1. The summed E-state index contributed by atoms with van der Waals surface area (Å²) >= 11 is 0. The Labute approximate surface area is 127 Å². The molecule has 122 valence electrons. The minimum absolute atomic E-state index is 0.00909. The normalized spacial score (nSPS) is 20.6. The predicted octanol–water partition coefficient (Wildman–Crippen LogP) is 1.44. The van der Waals surface area contributed by atoms with Crippen LogP contribution < -0.4 is 5.73 Å². The molecule has 1 fully saturated rings. The molecule has 1 heterocycles. The van der Waals surface area contributed by atoms with Crippen LogP contribution in [0.25, 0.3) is 0 Å². The van der Waals surface area contributed by atoms with E-state index >= 15 is 0 Å². The molecule has 0 aromatic rings. The van der Waals surface area contributed by atoms with Crippen LogP contribution in [0.5, 0.6) is 0 Å². The third-order valence-electron chi connectivity index (χ3n) is 3.71. The zero-order chi connectivity index (χ0) is 16.4.